The Kier molecular flexibility index (Phi) is 4.78. The van der Waals surface area contributed by atoms with Gasteiger partial charge in [0.05, 0.1) is 13.2 Å². The van der Waals surface area contributed by atoms with Crippen LogP contribution in [0.25, 0.3) is 0 Å². The van der Waals surface area contributed by atoms with E-state index >= 15 is 0 Å². The van der Waals surface area contributed by atoms with E-state index in [2.05, 4.69) is 0 Å². The van der Waals surface area contributed by atoms with Crippen molar-refractivity contribution in [1.29, 1.82) is 0 Å². The molecule has 0 bridgehead atoms. The molecule has 1 aromatic carbocycles. The van der Waals surface area contributed by atoms with Crippen molar-refractivity contribution in [3.63, 3.8) is 0 Å². The maximum atomic E-state index is 14.0. The summed E-state index contributed by atoms with van der Waals surface area (Å²) in [6, 6.07) is 9.86. The Morgan fingerprint density at radius 1 is 1.09 bits per heavy atom. The second-order valence-corrected chi connectivity index (χ2v) is 5.81. The first-order chi connectivity index (χ1) is 10.7. The molecule has 2 aliphatic heterocycles. The van der Waals surface area contributed by atoms with Gasteiger partial charge in [-0.25, -0.2) is 4.39 Å². The molecule has 2 fully saturated rings. The standard InChI is InChI=1S/C17H23FO4/c1-3-17(4-2)21-14-13(20-16(18)15(14)22-17)11-19-10-12-8-6-5-7-9-12/h5-9,13-16H,3-4,10-11H2,1-2H3/t13-,14-,15-,16+/m1/s1. The van der Waals surface area contributed by atoms with Crippen LogP contribution >= 0.6 is 0 Å². The van der Waals surface area contributed by atoms with Crippen molar-refractivity contribution in [2.45, 2.75) is 63.8 Å². The van der Waals surface area contributed by atoms with E-state index in [9.17, 15) is 4.39 Å². The molecule has 1 aromatic rings. The summed E-state index contributed by atoms with van der Waals surface area (Å²) in [7, 11) is 0. The van der Waals surface area contributed by atoms with Crippen molar-refractivity contribution >= 4 is 0 Å². The van der Waals surface area contributed by atoms with Crippen LogP contribution < -0.4 is 0 Å². The maximum Gasteiger partial charge on any atom is 0.228 e. The van der Waals surface area contributed by atoms with E-state index in [0.717, 1.165) is 5.56 Å². The summed E-state index contributed by atoms with van der Waals surface area (Å²) in [4.78, 5) is 0. The van der Waals surface area contributed by atoms with Gasteiger partial charge in [0, 0.05) is 0 Å². The summed E-state index contributed by atoms with van der Waals surface area (Å²) in [5, 5.41) is 0. The van der Waals surface area contributed by atoms with Gasteiger partial charge in [-0.1, -0.05) is 44.2 Å². The van der Waals surface area contributed by atoms with E-state index in [1.165, 1.54) is 0 Å². The summed E-state index contributed by atoms with van der Waals surface area (Å²) >= 11 is 0. The molecule has 122 valence electrons. The molecule has 2 heterocycles. The fourth-order valence-corrected chi connectivity index (χ4v) is 3.05. The minimum atomic E-state index is -1.45. The minimum Gasteiger partial charge on any atom is -0.374 e. The smallest absolute Gasteiger partial charge is 0.228 e. The van der Waals surface area contributed by atoms with Crippen molar-refractivity contribution in [3.05, 3.63) is 35.9 Å². The highest BCUT2D eigenvalue weighted by molar-refractivity contribution is 5.13. The highest BCUT2D eigenvalue weighted by atomic mass is 19.1. The molecule has 22 heavy (non-hydrogen) atoms. The van der Waals surface area contributed by atoms with Crippen LogP contribution in [0.4, 0.5) is 4.39 Å². The Morgan fingerprint density at radius 3 is 2.45 bits per heavy atom. The monoisotopic (exact) mass is 310 g/mol. The van der Waals surface area contributed by atoms with Gasteiger partial charge in [0.15, 0.2) is 5.79 Å². The molecule has 0 N–H and O–H groups in total. The normalized spacial score (nSPS) is 33.0. The number of hydrogen-bond acceptors (Lipinski definition) is 4. The third-order valence-corrected chi connectivity index (χ3v) is 4.43. The predicted molar refractivity (Wildman–Crippen MR) is 78.9 cm³/mol. The summed E-state index contributed by atoms with van der Waals surface area (Å²) in [6.45, 7) is 4.74. The third-order valence-electron chi connectivity index (χ3n) is 4.43. The Labute approximate surface area is 130 Å². The molecule has 4 atom stereocenters. The van der Waals surface area contributed by atoms with Gasteiger partial charge >= 0.3 is 0 Å². The molecule has 0 unspecified atom stereocenters. The largest absolute Gasteiger partial charge is 0.374 e. The fraction of sp³-hybridized carbons (Fsp3) is 0.647. The van der Waals surface area contributed by atoms with Crippen molar-refractivity contribution < 1.29 is 23.3 Å². The maximum absolute atomic E-state index is 14.0. The fourth-order valence-electron chi connectivity index (χ4n) is 3.05. The molecule has 0 amide bonds. The first-order valence-electron chi connectivity index (χ1n) is 7.94. The SMILES string of the molecule is CCC1(CC)O[C@@H]2[C@H](O1)[C@@H](COCc1ccccc1)O[C@@H]2F. The average molecular weight is 310 g/mol. The van der Waals surface area contributed by atoms with E-state index in [1.807, 2.05) is 44.2 Å². The lowest BCUT2D eigenvalue weighted by Crippen LogP contribution is -2.35. The van der Waals surface area contributed by atoms with Crippen molar-refractivity contribution in [2.75, 3.05) is 6.61 Å². The molecule has 4 nitrogen and oxygen atoms in total. The summed E-state index contributed by atoms with van der Waals surface area (Å²) in [6.07, 6.45) is -1.53. The topological polar surface area (TPSA) is 36.9 Å². The van der Waals surface area contributed by atoms with Crippen LogP contribution in [0.2, 0.25) is 0 Å². The van der Waals surface area contributed by atoms with Crippen LogP contribution in [0.15, 0.2) is 30.3 Å². The zero-order chi connectivity index (χ0) is 15.6. The van der Waals surface area contributed by atoms with Gasteiger partial charge in [-0.05, 0) is 18.4 Å². The Bertz CT molecular complexity index is 477. The summed E-state index contributed by atoms with van der Waals surface area (Å²) in [5.74, 6) is -0.679. The van der Waals surface area contributed by atoms with Crippen LogP contribution in [0.3, 0.4) is 0 Å². The molecule has 0 aliphatic carbocycles. The molecule has 3 rings (SSSR count). The average Bonchev–Trinajstić information content (AvgIpc) is 3.07. The van der Waals surface area contributed by atoms with Crippen LogP contribution in [0.5, 0.6) is 0 Å². The zero-order valence-corrected chi connectivity index (χ0v) is 13.0. The molecule has 0 saturated carbocycles. The predicted octanol–water partition coefficient (Wildman–Crippen LogP) is 3.20. The van der Waals surface area contributed by atoms with Crippen LogP contribution in [-0.4, -0.2) is 37.1 Å². The molecule has 5 heteroatoms. The second kappa shape index (κ2) is 6.62. The number of fused-ring (bicyclic) bond motifs is 1. The number of alkyl halides is 1. The summed E-state index contributed by atoms with van der Waals surface area (Å²) < 4.78 is 36.8. The quantitative estimate of drug-likeness (QED) is 0.808. The van der Waals surface area contributed by atoms with Crippen molar-refractivity contribution in [1.82, 2.24) is 0 Å². The number of ether oxygens (including phenoxy) is 4. The summed E-state index contributed by atoms with van der Waals surface area (Å²) in [5.41, 5.74) is 1.08. The first kappa shape index (κ1) is 15.9. The van der Waals surface area contributed by atoms with Crippen LogP contribution in [0, 0.1) is 0 Å². The molecule has 2 saturated heterocycles. The van der Waals surface area contributed by atoms with Gasteiger partial charge in [0.25, 0.3) is 0 Å². The zero-order valence-electron chi connectivity index (χ0n) is 13.0. The third kappa shape index (κ3) is 3.04. The van der Waals surface area contributed by atoms with Crippen molar-refractivity contribution in [2.24, 2.45) is 0 Å². The van der Waals surface area contributed by atoms with Crippen molar-refractivity contribution in [3.8, 4) is 0 Å². The van der Waals surface area contributed by atoms with Crippen LogP contribution in [0.1, 0.15) is 32.3 Å². The number of rotatable bonds is 6. The number of halogens is 1. The lowest BCUT2D eigenvalue weighted by Gasteiger charge is -2.27. The van der Waals surface area contributed by atoms with Gasteiger partial charge in [0.2, 0.25) is 6.36 Å². The molecule has 0 spiro atoms. The molecule has 0 radical (unpaired) electrons. The molecular formula is C17H23FO4. The van der Waals surface area contributed by atoms with E-state index in [1.54, 1.807) is 0 Å². The van der Waals surface area contributed by atoms with Gasteiger partial charge < -0.3 is 18.9 Å². The van der Waals surface area contributed by atoms with E-state index < -0.39 is 30.5 Å². The molecule has 0 aromatic heterocycles. The van der Waals surface area contributed by atoms with Gasteiger partial charge in [-0.15, -0.1) is 0 Å². The van der Waals surface area contributed by atoms with E-state index in [-0.39, 0.29) is 0 Å². The highest BCUT2D eigenvalue weighted by Crippen LogP contribution is 2.42. The lowest BCUT2D eigenvalue weighted by molar-refractivity contribution is -0.229. The lowest BCUT2D eigenvalue weighted by atomic mass is 10.1. The highest BCUT2D eigenvalue weighted by Gasteiger charge is 2.57. The van der Waals surface area contributed by atoms with Crippen LogP contribution in [-0.2, 0) is 25.6 Å². The minimum absolute atomic E-state index is 0.295. The number of hydrogen-bond donors (Lipinski definition) is 0. The van der Waals surface area contributed by atoms with Gasteiger partial charge in [0.1, 0.15) is 18.3 Å². The Balaban J connectivity index is 1.56. The van der Waals surface area contributed by atoms with E-state index in [0.29, 0.717) is 26.1 Å². The van der Waals surface area contributed by atoms with Gasteiger partial charge in [-0.3, -0.25) is 0 Å². The molecular weight excluding hydrogens is 287 g/mol. The second-order valence-electron chi connectivity index (χ2n) is 5.81. The molecule has 2 aliphatic rings. The number of benzene rings is 1. The Hall–Kier alpha value is -1.01. The Morgan fingerprint density at radius 2 is 1.77 bits per heavy atom. The van der Waals surface area contributed by atoms with Gasteiger partial charge in [-0.2, -0.15) is 0 Å². The van der Waals surface area contributed by atoms with E-state index in [4.69, 9.17) is 18.9 Å². The first-order valence-corrected chi connectivity index (χ1v) is 7.94.